The van der Waals surface area contributed by atoms with Crippen LogP contribution in [0.4, 0.5) is 0 Å². The first-order valence-corrected chi connectivity index (χ1v) is 12.1. The molecule has 0 spiro atoms. The monoisotopic (exact) mass is 468 g/mol. The van der Waals surface area contributed by atoms with Crippen LogP contribution in [-0.4, -0.2) is 25.7 Å². The molecule has 0 amide bonds. The van der Waals surface area contributed by atoms with Crippen LogP contribution in [0.25, 0.3) is 0 Å². The lowest BCUT2D eigenvalue weighted by Crippen LogP contribution is -2.21. The van der Waals surface area contributed by atoms with Gasteiger partial charge in [-0.1, -0.05) is 69.6 Å². The van der Waals surface area contributed by atoms with Gasteiger partial charge >= 0.3 is 0 Å². The Morgan fingerprint density at radius 1 is 0.844 bits per heavy atom. The SMILES string of the molecule is CC(C)C1=CC(=N/C(=N/S(=O)(=O)c2ccc(Cl)cc2)c2ccccc2)C=C(C(C)C)C1=O. The lowest BCUT2D eigenvalue weighted by atomic mass is 9.84. The number of Topliss-reactive ketones (excluding diaryl/α,β-unsaturated/α-hetero) is 1. The highest BCUT2D eigenvalue weighted by Gasteiger charge is 2.25. The minimum absolute atomic E-state index is 0.000866. The maximum atomic E-state index is 13.0. The summed E-state index contributed by atoms with van der Waals surface area (Å²) < 4.78 is 30.0. The van der Waals surface area contributed by atoms with E-state index in [0.29, 0.717) is 27.4 Å². The second-order valence-corrected chi connectivity index (χ2v) is 10.1. The molecule has 0 saturated carbocycles. The molecule has 1 aliphatic carbocycles. The number of sulfonamides is 1. The summed E-state index contributed by atoms with van der Waals surface area (Å²) in [5.74, 6) is 0.0553. The molecule has 1 aliphatic rings. The molecule has 3 rings (SSSR count). The van der Waals surface area contributed by atoms with Gasteiger partial charge in [-0.3, -0.25) is 4.79 Å². The molecule has 0 radical (unpaired) electrons. The highest BCUT2D eigenvalue weighted by atomic mass is 35.5. The number of nitrogens with zero attached hydrogens (tertiary/aromatic N) is 2. The summed E-state index contributed by atoms with van der Waals surface area (Å²) in [4.78, 5) is 17.4. The Balaban J connectivity index is 2.19. The van der Waals surface area contributed by atoms with Crippen molar-refractivity contribution in [2.24, 2.45) is 21.2 Å². The molecule has 0 unspecified atom stereocenters. The maximum absolute atomic E-state index is 13.0. The van der Waals surface area contributed by atoms with Gasteiger partial charge in [-0.15, -0.1) is 4.40 Å². The Bertz CT molecular complexity index is 1210. The third-order valence-electron chi connectivity index (χ3n) is 4.96. The van der Waals surface area contributed by atoms with Crippen LogP contribution in [0.5, 0.6) is 0 Å². The Morgan fingerprint density at radius 2 is 1.38 bits per heavy atom. The number of rotatable bonds is 5. The van der Waals surface area contributed by atoms with Crippen molar-refractivity contribution in [2.45, 2.75) is 32.6 Å². The van der Waals surface area contributed by atoms with Gasteiger partial charge in [0.05, 0.1) is 10.6 Å². The molecule has 0 N–H and O–H groups in total. The van der Waals surface area contributed by atoms with Crippen molar-refractivity contribution in [3.05, 3.63) is 88.5 Å². The lowest BCUT2D eigenvalue weighted by molar-refractivity contribution is -0.113. The van der Waals surface area contributed by atoms with Gasteiger partial charge in [0.1, 0.15) is 0 Å². The van der Waals surface area contributed by atoms with E-state index in [-0.39, 0.29) is 28.4 Å². The minimum Gasteiger partial charge on any atom is -0.289 e. The average molecular weight is 469 g/mol. The molecule has 0 fully saturated rings. The second kappa shape index (κ2) is 9.76. The van der Waals surface area contributed by atoms with Crippen molar-refractivity contribution in [1.29, 1.82) is 0 Å². The summed E-state index contributed by atoms with van der Waals surface area (Å²) >= 11 is 5.89. The lowest BCUT2D eigenvalue weighted by Gasteiger charge is -2.20. The van der Waals surface area contributed by atoms with Crippen molar-refractivity contribution in [2.75, 3.05) is 0 Å². The number of halogens is 1. The number of allylic oxidation sites excluding steroid dienone is 4. The average Bonchev–Trinajstić information content (AvgIpc) is 2.74. The molecule has 0 saturated heterocycles. The van der Waals surface area contributed by atoms with Crippen LogP contribution >= 0.6 is 11.6 Å². The summed E-state index contributed by atoms with van der Waals surface area (Å²) in [6, 6.07) is 14.7. The molecule has 2 aromatic rings. The first kappa shape index (κ1) is 23.8. The molecule has 0 aliphatic heterocycles. The number of amidine groups is 1. The summed E-state index contributed by atoms with van der Waals surface area (Å²) in [6.07, 6.45) is 3.43. The number of ketones is 1. The van der Waals surface area contributed by atoms with Crippen LogP contribution in [0.3, 0.4) is 0 Å². The third kappa shape index (κ3) is 5.50. The maximum Gasteiger partial charge on any atom is 0.284 e. The van der Waals surface area contributed by atoms with Gasteiger partial charge in [0.25, 0.3) is 10.0 Å². The van der Waals surface area contributed by atoms with E-state index in [9.17, 15) is 13.2 Å². The largest absolute Gasteiger partial charge is 0.289 e. The van der Waals surface area contributed by atoms with Crippen LogP contribution in [0.1, 0.15) is 33.3 Å². The van der Waals surface area contributed by atoms with Gasteiger partial charge in [0.2, 0.25) is 0 Å². The molecule has 2 aromatic carbocycles. The van der Waals surface area contributed by atoms with E-state index in [0.717, 1.165) is 0 Å². The number of hydrogen-bond donors (Lipinski definition) is 0. The fourth-order valence-electron chi connectivity index (χ4n) is 3.20. The van der Waals surface area contributed by atoms with Gasteiger partial charge < -0.3 is 0 Å². The number of aliphatic imine (C=N–C) groups is 1. The van der Waals surface area contributed by atoms with Crippen LogP contribution in [-0.2, 0) is 14.8 Å². The van der Waals surface area contributed by atoms with Crippen molar-refractivity contribution in [3.63, 3.8) is 0 Å². The van der Waals surface area contributed by atoms with E-state index in [2.05, 4.69) is 9.39 Å². The summed E-state index contributed by atoms with van der Waals surface area (Å²) in [7, 11) is -4.03. The third-order valence-corrected chi connectivity index (χ3v) is 6.49. The van der Waals surface area contributed by atoms with Crippen molar-refractivity contribution in [3.8, 4) is 0 Å². The summed E-state index contributed by atoms with van der Waals surface area (Å²) in [5.41, 5.74) is 2.32. The summed E-state index contributed by atoms with van der Waals surface area (Å²) in [6.45, 7) is 7.78. The van der Waals surface area contributed by atoms with Gasteiger partial charge in [0, 0.05) is 21.7 Å². The normalized spacial score (nSPS) is 15.2. The zero-order valence-corrected chi connectivity index (χ0v) is 20.0. The second-order valence-electron chi connectivity index (χ2n) is 8.08. The Labute approximate surface area is 194 Å². The highest BCUT2D eigenvalue weighted by Crippen LogP contribution is 2.25. The Hall–Kier alpha value is -2.83. The van der Waals surface area contributed by atoms with Crippen molar-refractivity contribution >= 4 is 39.0 Å². The van der Waals surface area contributed by atoms with E-state index in [4.69, 9.17) is 11.6 Å². The molecule has 0 aromatic heterocycles. The van der Waals surface area contributed by atoms with Crippen molar-refractivity contribution in [1.82, 2.24) is 0 Å². The quantitative estimate of drug-likeness (QED) is 0.322. The predicted molar refractivity (Wildman–Crippen MR) is 130 cm³/mol. The molecule has 0 bridgehead atoms. The molecular formula is C25H25ClN2O3S. The smallest absolute Gasteiger partial charge is 0.284 e. The van der Waals surface area contributed by atoms with Gasteiger partial charge in [0.15, 0.2) is 11.6 Å². The summed E-state index contributed by atoms with van der Waals surface area (Å²) in [5, 5.41) is 0.432. The fourth-order valence-corrected chi connectivity index (χ4v) is 4.29. The number of hydrogen-bond acceptors (Lipinski definition) is 3. The molecule has 5 nitrogen and oxygen atoms in total. The number of carbonyl (C=O) groups excluding carboxylic acids is 1. The van der Waals surface area contributed by atoms with E-state index in [1.165, 1.54) is 24.3 Å². The molecule has 0 heterocycles. The topological polar surface area (TPSA) is 75.9 Å². The Kier molecular flexibility index (Phi) is 7.26. The molecular weight excluding hydrogens is 444 g/mol. The molecule has 0 atom stereocenters. The van der Waals surface area contributed by atoms with Crippen LogP contribution < -0.4 is 0 Å². The van der Waals surface area contributed by atoms with Crippen LogP contribution in [0.2, 0.25) is 5.02 Å². The standard InChI is InChI=1S/C25H25ClN2O3S/c1-16(2)22-14-20(15-23(17(3)4)24(22)29)27-25(18-8-6-5-7-9-18)28-32(30,31)21-12-10-19(26)11-13-21/h5-17H,1-4H3/b28-25+. The zero-order chi connectivity index (χ0) is 23.5. The fraction of sp³-hybridized carbons (Fsp3) is 0.240. The molecule has 32 heavy (non-hydrogen) atoms. The molecule has 7 heteroatoms. The minimum atomic E-state index is -4.03. The first-order valence-electron chi connectivity index (χ1n) is 10.3. The number of benzene rings is 2. The van der Waals surface area contributed by atoms with Crippen LogP contribution in [0.15, 0.2) is 92.2 Å². The van der Waals surface area contributed by atoms with Crippen molar-refractivity contribution < 1.29 is 13.2 Å². The Morgan fingerprint density at radius 3 is 1.88 bits per heavy atom. The highest BCUT2D eigenvalue weighted by molar-refractivity contribution is 7.90. The van der Waals surface area contributed by atoms with E-state index in [1.807, 2.05) is 33.8 Å². The van der Waals surface area contributed by atoms with Gasteiger partial charge in [-0.2, -0.15) is 8.42 Å². The first-order chi connectivity index (χ1) is 15.1. The predicted octanol–water partition coefficient (Wildman–Crippen LogP) is 5.66. The van der Waals surface area contributed by atoms with E-state index in [1.54, 1.807) is 36.4 Å². The molecule has 166 valence electrons. The van der Waals surface area contributed by atoms with Crippen LogP contribution in [0, 0.1) is 11.8 Å². The van der Waals surface area contributed by atoms with Gasteiger partial charge in [-0.05, 0) is 48.3 Å². The van der Waals surface area contributed by atoms with Gasteiger partial charge in [-0.25, -0.2) is 4.99 Å². The zero-order valence-electron chi connectivity index (χ0n) is 18.4. The van der Waals surface area contributed by atoms with E-state index >= 15 is 0 Å². The number of carbonyl (C=O) groups is 1. The van der Waals surface area contributed by atoms with E-state index < -0.39 is 10.0 Å².